The standard InChI is InChI=1S/C54H33NOS2/c1-4-14-34(15-5-1)37-26-28-42-47(32-37)56-53-39(35-16-6-2-7-17-35)29-30-46(52(42)53)55(45-23-13-25-50-51(45)43-20-10-11-24-48(43)57-50)38-27-31-49-44(33-38)41-22-12-21-40(54(41)58-49)36-18-8-3-9-19-36/h1-33H. The third-order valence-electron chi connectivity index (χ3n) is 11.5. The Labute approximate surface area is 343 Å². The van der Waals surface area contributed by atoms with Crippen LogP contribution in [-0.2, 0) is 0 Å². The van der Waals surface area contributed by atoms with E-state index in [9.17, 15) is 0 Å². The van der Waals surface area contributed by atoms with E-state index in [1.807, 2.05) is 22.7 Å². The van der Waals surface area contributed by atoms with Gasteiger partial charge in [0.15, 0.2) is 0 Å². The highest BCUT2D eigenvalue weighted by Gasteiger charge is 2.25. The molecule has 3 heterocycles. The van der Waals surface area contributed by atoms with Gasteiger partial charge in [-0.2, -0.15) is 0 Å². The van der Waals surface area contributed by atoms with E-state index in [0.717, 1.165) is 61.3 Å². The molecule has 0 saturated carbocycles. The molecule has 0 aliphatic carbocycles. The highest BCUT2D eigenvalue weighted by molar-refractivity contribution is 7.26. The molecule has 0 bridgehead atoms. The van der Waals surface area contributed by atoms with E-state index < -0.39 is 0 Å². The van der Waals surface area contributed by atoms with Crippen molar-refractivity contribution >= 4 is 102 Å². The lowest BCUT2D eigenvalue weighted by Crippen LogP contribution is -2.11. The van der Waals surface area contributed by atoms with E-state index in [1.165, 1.54) is 51.5 Å². The lowest BCUT2D eigenvalue weighted by molar-refractivity contribution is 0.670. The van der Waals surface area contributed by atoms with Gasteiger partial charge in [-0.3, -0.25) is 0 Å². The predicted octanol–water partition coefficient (Wildman–Crippen LogP) is 16.8. The number of benzene rings is 9. The zero-order chi connectivity index (χ0) is 38.2. The highest BCUT2D eigenvalue weighted by atomic mass is 32.1. The zero-order valence-corrected chi connectivity index (χ0v) is 32.9. The molecule has 12 aromatic rings. The summed E-state index contributed by atoms with van der Waals surface area (Å²) in [6.45, 7) is 0. The maximum atomic E-state index is 7.05. The largest absolute Gasteiger partial charge is 0.455 e. The molecule has 9 aromatic carbocycles. The van der Waals surface area contributed by atoms with Crippen LogP contribution in [0.15, 0.2) is 205 Å². The van der Waals surface area contributed by atoms with Gasteiger partial charge in [0.1, 0.15) is 11.2 Å². The zero-order valence-electron chi connectivity index (χ0n) is 31.2. The fourth-order valence-electron chi connectivity index (χ4n) is 8.82. The second-order valence-corrected chi connectivity index (χ2v) is 16.9. The molecule has 0 radical (unpaired) electrons. The lowest BCUT2D eigenvalue weighted by Gasteiger charge is -2.28. The van der Waals surface area contributed by atoms with Crippen LogP contribution in [0.1, 0.15) is 0 Å². The first-order valence-electron chi connectivity index (χ1n) is 19.6. The van der Waals surface area contributed by atoms with Gasteiger partial charge in [0.05, 0.1) is 16.8 Å². The van der Waals surface area contributed by atoms with Crippen molar-refractivity contribution in [1.82, 2.24) is 0 Å². The van der Waals surface area contributed by atoms with Crippen molar-refractivity contribution in [2.45, 2.75) is 0 Å². The van der Waals surface area contributed by atoms with Crippen molar-refractivity contribution < 1.29 is 4.42 Å². The van der Waals surface area contributed by atoms with Crippen molar-refractivity contribution in [2.24, 2.45) is 0 Å². The molecule has 0 amide bonds. The molecule has 0 fully saturated rings. The second kappa shape index (κ2) is 13.3. The van der Waals surface area contributed by atoms with Crippen molar-refractivity contribution in [3.63, 3.8) is 0 Å². The summed E-state index contributed by atoms with van der Waals surface area (Å²) >= 11 is 3.73. The molecule has 0 aliphatic rings. The molecule has 0 saturated heterocycles. The Morgan fingerprint density at radius 2 is 1.02 bits per heavy atom. The Morgan fingerprint density at radius 3 is 1.83 bits per heavy atom. The molecular weight excluding hydrogens is 743 g/mol. The molecule has 0 N–H and O–H groups in total. The van der Waals surface area contributed by atoms with Crippen LogP contribution in [-0.4, -0.2) is 0 Å². The third kappa shape index (κ3) is 5.23. The minimum absolute atomic E-state index is 0.868. The molecule has 0 atom stereocenters. The molecular formula is C54H33NOS2. The lowest BCUT2D eigenvalue weighted by atomic mass is 9.98. The molecule has 0 aliphatic heterocycles. The normalized spacial score (nSPS) is 11.8. The summed E-state index contributed by atoms with van der Waals surface area (Å²) in [4.78, 5) is 2.49. The minimum Gasteiger partial charge on any atom is -0.455 e. The Bertz CT molecular complexity index is 3510. The quantitative estimate of drug-likeness (QED) is 0.167. The van der Waals surface area contributed by atoms with E-state index in [2.05, 4.69) is 205 Å². The van der Waals surface area contributed by atoms with Crippen LogP contribution in [0.5, 0.6) is 0 Å². The van der Waals surface area contributed by atoms with Gasteiger partial charge in [-0.15, -0.1) is 22.7 Å². The topological polar surface area (TPSA) is 16.4 Å². The molecule has 58 heavy (non-hydrogen) atoms. The van der Waals surface area contributed by atoms with E-state index >= 15 is 0 Å². The summed E-state index contributed by atoms with van der Waals surface area (Å²) in [6.07, 6.45) is 0. The maximum absolute atomic E-state index is 7.05. The van der Waals surface area contributed by atoms with Gasteiger partial charge < -0.3 is 9.32 Å². The maximum Gasteiger partial charge on any atom is 0.145 e. The first-order chi connectivity index (χ1) is 28.8. The van der Waals surface area contributed by atoms with Gasteiger partial charge in [0, 0.05) is 57.0 Å². The van der Waals surface area contributed by atoms with Crippen LogP contribution >= 0.6 is 22.7 Å². The van der Waals surface area contributed by atoms with E-state index in [1.54, 1.807) is 0 Å². The number of hydrogen-bond donors (Lipinski definition) is 0. The predicted molar refractivity (Wildman–Crippen MR) is 250 cm³/mol. The van der Waals surface area contributed by atoms with E-state index in [-0.39, 0.29) is 0 Å². The van der Waals surface area contributed by atoms with E-state index in [0.29, 0.717) is 0 Å². The molecule has 272 valence electrons. The fraction of sp³-hybridized carbons (Fsp3) is 0. The van der Waals surface area contributed by atoms with Gasteiger partial charge in [-0.05, 0) is 88.5 Å². The molecule has 3 aromatic heterocycles. The Morgan fingerprint density at radius 1 is 0.362 bits per heavy atom. The summed E-state index contributed by atoms with van der Waals surface area (Å²) in [6, 6.07) is 72.5. The Kier molecular flexibility index (Phi) is 7.62. The van der Waals surface area contributed by atoms with Gasteiger partial charge in [0.2, 0.25) is 0 Å². The second-order valence-electron chi connectivity index (χ2n) is 14.8. The smallest absolute Gasteiger partial charge is 0.145 e. The van der Waals surface area contributed by atoms with Gasteiger partial charge in [-0.25, -0.2) is 0 Å². The summed E-state index contributed by atoms with van der Waals surface area (Å²) in [7, 11) is 0. The van der Waals surface area contributed by atoms with Crippen LogP contribution in [0.3, 0.4) is 0 Å². The molecule has 0 spiro atoms. The average Bonchev–Trinajstić information content (AvgIpc) is 3.99. The third-order valence-corrected chi connectivity index (χ3v) is 13.8. The van der Waals surface area contributed by atoms with Crippen molar-refractivity contribution in [3.8, 4) is 33.4 Å². The number of fused-ring (bicyclic) bond motifs is 9. The Balaban J connectivity index is 1.17. The van der Waals surface area contributed by atoms with Crippen LogP contribution in [0.4, 0.5) is 17.1 Å². The molecule has 4 heteroatoms. The minimum atomic E-state index is 0.868. The van der Waals surface area contributed by atoms with Crippen molar-refractivity contribution in [2.75, 3.05) is 4.90 Å². The monoisotopic (exact) mass is 775 g/mol. The van der Waals surface area contributed by atoms with Crippen LogP contribution in [0.25, 0.3) is 95.7 Å². The number of thiophene rings is 2. The molecule has 12 rings (SSSR count). The number of anilines is 3. The number of nitrogens with zero attached hydrogens (tertiary/aromatic N) is 1. The van der Waals surface area contributed by atoms with E-state index in [4.69, 9.17) is 4.42 Å². The molecule has 0 unspecified atom stereocenters. The summed E-state index contributed by atoms with van der Waals surface area (Å²) < 4.78 is 12.2. The number of rotatable bonds is 6. The van der Waals surface area contributed by atoms with Crippen molar-refractivity contribution in [1.29, 1.82) is 0 Å². The first kappa shape index (κ1) is 33.2. The molecule has 2 nitrogen and oxygen atoms in total. The fourth-order valence-corrected chi connectivity index (χ4v) is 11.2. The number of furan rings is 1. The Hall–Kier alpha value is -6.98. The van der Waals surface area contributed by atoms with Crippen molar-refractivity contribution in [3.05, 3.63) is 200 Å². The number of hydrogen-bond acceptors (Lipinski definition) is 4. The van der Waals surface area contributed by atoms with Crippen LogP contribution < -0.4 is 4.90 Å². The summed E-state index contributed by atoms with van der Waals surface area (Å²) in [5.74, 6) is 0. The van der Waals surface area contributed by atoms with Gasteiger partial charge in [-0.1, -0.05) is 140 Å². The SMILES string of the molecule is c1ccc(-c2ccc3c(c2)oc2c(-c4ccccc4)ccc(N(c4ccc5sc6c(-c7ccccc7)cccc6c5c4)c4cccc5sc6ccccc6c45)c23)cc1. The summed E-state index contributed by atoms with van der Waals surface area (Å²) in [5.41, 5.74) is 12.1. The first-order valence-corrected chi connectivity index (χ1v) is 21.2. The average molecular weight is 776 g/mol. The highest BCUT2D eigenvalue weighted by Crippen LogP contribution is 2.51. The van der Waals surface area contributed by atoms with Crippen LogP contribution in [0, 0.1) is 0 Å². The van der Waals surface area contributed by atoms with Crippen LogP contribution in [0.2, 0.25) is 0 Å². The van der Waals surface area contributed by atoms with Gasteiger partial charge in [0.25, 0.3) is 0 Å². The van der Waals surface area contributed by atoms with Gasteiger partial charge >= 0.3 is 0 Å². The summed E-state index contributed by atoms with van der Waals surface area (Å²) in [5, 5.41) is 7.22.